The predicted molar refractivity (Wildman–Crippen MR) is 84.2 cm³/mol. The monoisotopic (exact) mass is 290 g/mol. The zero-order valence-corrected chi connectivity index (χ0v) is 13.1. The molecule has 0 bridgehead atoms. The van der Waals surface area contributed by atoms with Crippen molar-refractivity contribution in [1.82, 2.24) is 4.90 Å². The average Bonchev–Trinajstić information content (AvgIpc) is 2.51. The highest BCUT2D eigenvalue weighted by atomic mass is 16.5. The van der Waals surface area contributed by atoms with Gasteiger partial charge in [0.25, 0.3) is 0 Å². The van der Waals surface area contributed by atoms with Crippen LogP contribution in [0.5, 0.6) is 5.75 Å². The van der Waals surface area contributed by atoms with Gasteiger partial charge >= 0.3 is 0 Å². The van der Waals surface area contributed by atoms with E-state index >= 15 is 0 Å². The molecule has 1 amide bonds. The normalized spacial score (nSPS) is 15.5. The van der Waals surface area contributed by atoms with E-state index in [-0.39, 0.29) is 11.9 Å². The number of fused-ring (bicyclic) bond motifs is 1. The maximum atomic E-state index is 12.3. The highest BCUT2D eigenvalue weighted by molar-refractivity contribution is 5.81. The van der Waals surface area contributed by atoms with Crippen LogP contribution >= 0.6 is 0 Å². The molecule has 0 saturated heterocycles. The van der Waals surface area contributed by atoms with E-state index in [2.05, 4.69) is 26.0 Å². The molecule has 0 fully saturated rings. The third kappa shape index (κ3) is 3.97. The number of hydrogen-bond donors (Lipinski definition) is 1. The van der Waals surface area contributed by atoms with Gasteiger partial charge in [0.15, 0.2) is 0 Å². The van der Waals surface area contributed by atoms with Gasteiger partial charge < -0.3 is 15.4 Å². The summed E-state index contributed by atoms with van der Waals surface area (Å²) in [5, 5.41) is 0. The Bertz CT molecular complexity index is 488. The van der Waals surface area contributed by atoms with Gasteiger partial charge in [-0.2, -0.15) is 0 Å². The van der Waals surface area contributed by atoms with E-state index in [0.717, 1.165) is 44.6 Å². The fourth-order valence-electron chi connectivity index (χ4n) is 2.70. The third-order valence-electron chi connectivity index (χ3n) is 3.89. The van der Waals surface area contributed by atoms with Gasteiger partial charge in [-0.05, 0) is 42.5 Å². The van der Waals surface area contributed by atoms with E-state index in [1.54, 1.807) is 0 Å². The van der Waals surface area contributed by atoms with Crippen molar-refractivity contribution in [3.05, 3.63) is 29.3 Å². The first-order valence-corrected chi connectivity index (χ1v) is 7.94. The van der Waals surface area contributed by atoms with Gasteiger partial charge in [0.2, 0.25) is 5.91 Å². The van der Waals surface area contributed by atoms with Crippen LogP contribution in [0, 0.1) is 0 Å². The Morgan fingerprint density at radius 1 is 1.33 bits per heavy atom. The molecular formula is C17H26N2O2. The maximum Gasteiger partial charge on any atom is 0.239 e. The number of rotatable bonds is 6. The minimum absolute atomic E-state index is 0.0776. The SMILES string of the molecule is CCCOc1ccc2c(c1)CCN(C(=O)[C@H](N)CCC)C2. The van der Waals surface area contributed by atoms with Crippen molar-refractivity contribution >= 4 is 5.91 Å². The molecule has 0 spiro atoms. The molecule has 4 heteroatoms. The second-order valence-corrected chi connectivity index (χ2v) is 5.68. The Labute approximate surface area is 127 Å². The summed E-state index contributed by atoms with van der Waals surface area (Å²) in [6, 6.07) is 5.82. The average molecular weight is 290 g/mol. The minimum atomic E-state index is -0.358. The zero-order valence-electron chi connectivity index (χ0n) is 13.1. The minimum Gasteiger partial charge on any atom is -0.494 e. The fraction of sp³-hybridized carbons (Fsp3) is 0.588. The van der Waals surface area contributed by atoms with Crippen LogP contribution in [-0.2, 0) is 17.8 Å². The van der Waals surface area contributed by atoms with Crippen molar-refractivity contribution in [2.75, 3.05) is 13.2 Å². The Hall–Kier alpha value is -1.55. The summed E-state index contributed by atoms with van der Waals surface area (Å²) < 4.78 is 5.67. The van der Waals surface area contributed by atoms with Crippen LogP contribution in [0.3, 0.4) is 0 Å². The first-order chi connectivity index (χ1) is 10.2. The molecule has 116 valence electrons. The molecule has 2 rings (SSSR count). The van der Waals surface area contributed by atoms with Crippen LogP contribution in [0.2, 0.25) is 0 Å². The van der Waals surface area contributed by atoms with Crippen molar-refractivity contribution in [2.24, 2.45) is 5.73 Å². The van der Waals surface area contributed by atoms with Crippen molar-refractivity contribution in [1.29, 1.82) is 0 Å². The molecule has 0 radical (unpaired) electrons. The number of nitrogens with two attached hydrogens (primary N) is 1. The van der Waals surface area contributed by atoms with E-state index in [9.17, 15) is 4.79 Å². The van der Waals surface area contributed by atoms with E-state index in [4.69, 9.17) is 10.5 Å². The Morgan fingerprint density at radius 2 is 2.14 bits per heavy atom. The van der Waals surface area contributed by atoms with Crippen molar-refractivity contribution in [3.63, 3.8) is 0 Å². The molecule has 4 nitrogen and oxygen atoms in total. The van der Waals surface area contributed by atoms with E-state index in [1.807, 2.05) is 11.0 Å². The number of carbonyl (C=O) groups is 1. The van der Waals surface area contributed by atoms with Crippen molar-refractivity contribution in [3.8, 4) is 5.75 Å². The van der Waals surface area contributed by atoms with Gasteiger partial charge in [-0.3, -0.25) is 4.79 Å². The van der Waals surface area contributed by atoms with E-state index < -0.39 is 0 Å². The maximum absolute atomic E-state index is 12.3. The van der Waals surface area contributed by atoms with Gasteiger partial charge in [-0.1, -0.05) is 26.3 Å². The standard InChI is InChI=1S/C17H26N2O2/c1-3-5-16(18)17(20)19-9-8-13-11-15(21-10-4-2)7-6-14(13)12-19/h6-7,11,16H,3-5,8-10,12,18H2,1-2H3/t16-/m1/s1. The smallest absolute Gasteiger partial charge is 0.239 e. The van der Waals surface area contributed by atoms with Crippen LogP contribution in [0.1, 0.15) is 44.2 Å². The van der Waals surface area contributed by atoms with E-state index in [1.165, 1.54) is 11.1 Å². The van der Waals surface area contributed by atoms with Crippen LogP contribution in [0.4, 0.5) is 0 Å². The summed E-state index contributed by atoms with van der Waals surface area (Å²) in [6.07, 6.45) is 3.58. The lowest BCUT2D eigenvalue weighted by Crippen LogP contribution is -2.45. The van der Waals surface area contributed by atoms with Gasteiger partial charge in [-0.15, -0.1) is 0 Å². The molecule has 0 saturated carbocycles. The quantitative estimate of drug-likeness (QED) is 0.875. The molecule has 0 unspecified atom stereocenters. The van der Waals surface area contributed by atoms with Gasteiger partial charge in [0.1, 0.15) is 5.75 Å². The van der Waals surface area contributed by atoms with Crippen molar-refractivity contribution < 1.29 is 9.53 Å². The van der Waals surface area contributed by atoms with Gasteiger partial charge in [0.05, 0.1) is 12.6 Å². The molecule has 21 heavy (non-hydrogen) atoms. The second kappa shape index (κ2) is 7.46. The first kappa shape index (κ1) is 15.8. The number of hydrogen-bond acceptors (Lipinski definition) is 3. The number of nitrogens with zero attached hydrogens (tertiary/aromatic N) is 1. The molecule has 1 aliphatic rings. The lowest BCUT2D eigenvalue weighted by molar-refractivity contribution is -0.133. The van der Waals surface area contributed by atoms with Crippen LogP contribution in [0.25, 0.3) is 0 Å². The van der Waals surface area contributed by atoms with E-state index in [0.29, 0.717) is 6.54 Å². The lowest BCUT2D eigenvalue weighted by atomic mass is 9.98. The van der Waals surface area contributed by atoms with Gasteiger partial charge in [0, 0.05) is 13.1 Å². The number of carbonyl (C=O) groups excluding carboxylic acids is 1. The number of amides is 1. The lowest BCUT2D eigenvalue weighted by Gasteiger charge is -2.31. The largest absolute Gasteiger partial charge is 0.494 e. The molecule has 1 aromatic carbocycles. The van der Waals surface area contributed by atoms with Crippen LogP contribution in [0.15, 0.2) is 18.2 Å². The summed E-state index contributed by atoms with van der Waals surface area (Å²) >= 11 is 0. The summed E-state index contributed by atoms with van der Waals surface area (Å²) in [7, 11) is 0. The molecule has 1 atom stereocenters. The summed E-state index contributed by atoms with van der Waals surface area (Å²) in [4.78, 5) is 14.2. The summed E-state index contributed by atoms with van der Waals surface area (Å²) in [5.41, 5.74) is 8.45. The molecule has 1 aromatic rings. The number of ether oxygens (including phenoxy) is 1. The van der Waals surface area contributed by atoms with Gasteiger partial charge in [-0.25, -0.2) is 0 Å². The number of benzene rings is 1. The first-order valence-electron chi connectivity index (χ1n) is 7.94. The highest BCUT2D eigenvalue weighted by Crippen LogP contribution is 2.24. The zero-order chi connectivity index (χ0) is 15.2. The van der Waals surface area contributed by atoms with Crippen LogP contribution < -0.4 is 10.5 Å². The second-order valence-electron chi connectivity index (χ2n) is 5.68. The molecule has 1 aliphatic heterocycles. The molecule has 0 aliphatic carbocycles. The Morgan fingerprint density at radius 3 is 2.86 bits per heavy atom. The molecule has 2 N–H and O–H groups in total. The summed E-state index contributed by atoms with van der Waals surface area (Å²) in [5.74, 6) is 1.01. The molecular weight excluding hydrogens is 264 g/mol. The predicted octanol–water partition coefficient (Wildman–Crippen LogP) is 2.49. The summed E-state index contributed by atoms with van der Waals surface area (Å²) in [6.45, 7) is 6.31. The Kier molecular flexibility index (Phi) is 5.62. The topological polar surface area (TPSA) is 55.6 Å². The van der Waals surface area contributed by atoms with Crippen molar-refractivity contribution in [2.45, 2.75) is 52.1 Å². The highest BCUT2D eigenvalue weighted by Gasteiger charge is 2.24. The third-order valence-corrected chi connectivity index (χ3v) is 3.89. The Balaban J connectivity index is 2.02. The van der Waals surface area contributed by atoms with Crippen LogP contribution in [-0.4, -0.2) is 30.0 Å². The molecule has 1 heterocycles. The molecule has 0 aromatic heterocycles. The fourth-order valence-corrected chi connectivity index (χ4v) is 2.70.